The predicted molar refractivity (Wildman–Crippen MR) is 133 cm³/mol. The molecule has 17 heteroatoms. The molecule has 0 radical (unpaired) electrons. The SMILES string of the molecule is COc1ccc(S(=O)(=O)CCOS(=O)(=O)OCCS(=O)(=O)c2ccc(OC)c(N)c2OC)c(OC)c1N. The number of methoxy groups -OCH3 is 4. The van der Waals surface area contributed by atoms with Crippen molar-refractivity contribution in [1.29, 1.82) is 0 Å². The van der Waals surface area contributed by atoms with Crippen LogP contribution < -0.4 is 30.4 Å². The summed E-state index contributed by atoms with van der Waals surface area (Å²) in [4.78, 5) is -0.594. The van der Waals surface area contributed by atoms with Gasteiger partial charge in [-0.1, -0.05) is 0 Å². The fourth-order valence-corrected chi connectivity index (χ4v) is 6.54. The van der Waals surface area contributed by atoms with E-state index in [2.05, 4.69) is 8.37 Å². The maximum Gasteiger partial charge on any atom is 0.399 e. The minimum Gasteiger partial charge on any atom is -0.494 e. The van der Waals surface area contributed by atoms with E-state index >= 15 is 0 Å². The number of anilines is 2. The van der Waals surface area contributed by atoms with E-state index in [-0.39, 0.29) is 44.2 Å². The first-order valence-electron chi connectivity index (χ1n) is 10.2. The van der Waals surface area contributed by atoms with Crippen LogP contribution in [-0.2, 0) is 38.4 Å². The highest BCUT2D eigenvalue weighted by Gasteiger charge is 2.27. The molecule has 0 aromatic heterocycles. The topological polar surface area (TPSA) is 210 Å². The Balaban J connectivity index is 2.03. The lowest BCUT2D eigenvalue weighted by atomic mass is 10.2. The standard InChI is InChI=1S/C20H28N2O12S3/c1-29-13-5-7-15(19(31-3)17(13)21)35(23,24)11-9-33-37(27,28)34-10-12-36(25,26)16-8-6-14(30-2)18(22)20(16)32-4/h5-8H,9-12,21-22H2,1-4H3. The second-order valence-electron chi connectivity index (χ2n) is 7.12. The number of hydrogen-bond donors (Lipinski definition) is 2. The van der Waals surface area contributed by atoms with Crippen molar-refractivity contribution in [1.82, 2.24) is 0 Å². The molecule has 0 bridgehead atoms. The van der Waals surface area contributed by atoms with E-state index in [1.54, 1.807) is 0 Å². The summed E-state index contributed by atoms with van der Waals surface area (Å²) in [7, 11) is -7.85. The third-order valence-electron chi connectivity index (χ3n) is 4.92. The minimum absolute atomic E-state index is 0.0561. The van der Waals surface area contributed by atoms with E-state index in [0.29, 0.717) is 0 Å². The molecule has 2 aromatic rings. The number of sulfone groups is 2. The van der Waals surface area contributed by atoms with Gasteiger partial charge in [0.1, 0.15) is 32.7 Å². The van der Waals surface area contributed by atoms with Crippen LogP contribution in [0.4, 0.5) is 11.4 Å². The summed E-state index contributed by atoms with van der Waals surface area (Å²) in [6.07, 6.45) is 0. The van der Waals surface area contributed by atoms with Crippen molar-refractivity contribution in [2.24, 2.45) is 0 Å². The van der Waals surface area contributed by atoms with Gasteiger partial charge in [0.15, 0.2) is 31.2 Å². The first kappa shape index (κ1) is 30.2. The Labute approximate surface area is 215 Å². The van der Waals surface area contributed by atoms with Gasteiger partial charge in [-0.05, 0) is 24.3 Å². The summed E-state index contributed by atoms with van der Waals surface area (Å²) >= 11 is 0. The van der Waals surface area contributed by atoms with Crippen LogP contribution in [-0.4, -0.2) is 78.4 Å². The Bertz CT molecular complexity index is 1340. The zero-order valence-corrected chi connectivity index (χ0v) is 22.9. The summed E-state index contributed by atoms with van der Waals surface area (Å²) in [5.74, 6) is -1.52. The predicted octanol–water partition coefficient (Wildman–Crippen LogP) is 0.411. The summed E-state index contributed by atoms with van der Waals surface area (Å²) in [5, 5.41) is 0. The molecule has 0 spiro atoms. The van der Waals surface area contributed by atoms with Gasteiger partial charge in [-0.2, -0.15) is 8.42 Å². The number of ether oxygens (including phenoxy) is 4. The molecule has 0 aliphatic heterocycles. The molecule has 2 aromatic carbocycles. The van der Waals surface area contributed by atoms with Crippen molar-refractivity contribution in [3.63, 3.8) is 0 Å². The molecule has 0 saturated heterocycles. The second kappa shape index (κ2) is 12.0. The van der Waals surface area contributed by atoms with Crippen molar-refractivity contribution in [2.75, 3.05) is 64.6 Å². The average molecular weight is 585 g/mol. The number of nitrogen functional groups attached to an aromatic ring is 2. The van der Waals surface area contributed by atoms with Crippen molar-refractivity contribution < 1.29 is 52.6 Å². The Morgan fingerprint density at radius 1 is 0.595 bits per heavy atom. The van der Waals surface area contributed by atoms with Gasteiger partial charge >= 0.3 is 10.4 Å². The number of hydrogen-bond acceptors (Lipinski definition) is 14. The lowest BCUT2D eigenvalue weighted by Crippen LogP contribution is -2.21. The third kappa shape index (κ3) is 7.07. The third-order valence-corrected chi connectivity index (χ3v) is 9.22. The van der Waals surface area contributed by atoms with Gasteiger partial charge in [-0.3, -0.25) is 0 Å². The van der Waals surface area contributed by atoms with Gasteiger partial charge in [0.2, 0.25) is 0 Å². The van der Waals surface area contributed by atoms with Crippen molar-refractivity contribution in [3.05, 3.63) is 24.3 Å². The Morgan fingerprint density at radius 2 is 0.946 bits per heavy atom. The van der Waals surface area contributed by atoms with Gasteiger partial charge in [0.05, 0.1) is 53.2 Å². The zero-order valence-electron chi connectivity index (χ0n) is 20.4. The quantitative estimate of drug-likeness (QED) is 0.288. The summed E-state index contributed by atoms with van der Waals surface area (Å²) in [5.41, 5.74) is 11.6. The van der Waals surface area contributed by atoms with Crippen molar-refractivity contribution in [2.45, 2.75) is 9.79 Å². The zero-order chi connectivity index (χ0) is 28.0. The molecule has 0 unspecified atom stereocenters. The van der Waals surface area contributed by atoms with Crippen LogP contribution in [0.1, 0.15) is 0 Å². The molecular formula is C20H28N2O12S3. The molecule has 0 saturated carbocycles. The van der Waals surface area contributed by atoms with Crippen LogP contribution in [0.5, 0.6) is 23.0 Å². The molecule has 0 atom stereocenters. The Hall–Kier alpha value is -2.99. The molecular weight excluding hydrogens is 556 g/mol. The Morgan fingerprint density at radius 3 is 1.24 bits per heavy atom. The van der Waals surface area contributed by atoms with Crippen molar-refractivity contribution >= 4 is 41.4 Å². The van der Waals surface area contributed by atoms with E-state index < -0.39 is 54.8 Å². The van der Waals surface area contributed by atoms with E-state index in [1.807, 2.05) is 0 Å². The lowest BCUT2D eigenvalue weighted by Gasteiger charge is -2.15. The molecule has 0 aliphatic carbocycles. The fourth-order valence-electron chi connectivity index (χ4n) is 3.14. The lowest BCUT2D eigenvalue weighted by molar-refractivity contribution is 0.232. The first-order valence-corrected chi connectivity index (χ1v) is 14.9. The summed E-state index contributed by atoms with van der Waals surface area (Å²) in [6.45, 7) is -1.65. The molecule has 14 nitrogen and oxygen atoms in total. The van der Waals surface area contributed by atoms with Gasteiger partial charge in [0.25, 0.3) is 0 Å². The molecule has 37 heavy (non-hydrogen) atoms. The molecule has 0 fully saturated rings. The van der Waals surface area contributed by atoms with Gasteiger partial charge in [-0.25, -0.2) is 25.2 Å². The van der Waals surface area contributed by atoms with Crippen LogP contribution in [0.2, 0.25) is 0 Å². The van der Waals surface area contributed by atoms with Crippen LogP contribution in [0.15, 0.2) is 34.1 Å². The molecule has 0 aliphatic rings. The van der Waals surface area contributed by atoms with Crippen LogP contribution in [0.25, 0.3) is 0 Å². The minimum atomic E-state index is -4.74. The van der Waals surface area contributed by atoms with Crippen LogP contribution >= 0.6 is 0 Å². The van der Waals surface area contributed by atoms with Crippen LogP contribution in [0, 0.1) is 0 Å². The number of rotatable bonds is 14. The maximum absolute atomic E-state index is 12.7. The largest absolute Gasteiger partial charge is 0.494 e. The fraction of sp³-hybridized carbons (Fsp3) is 0.400. The first-order chi connectivity index (χ1) is 17.2. The van der Waals surface area contributed by atoms with Gasteiger partial charge < -0.3 is 30.4 Å². The average Bonchev–Trinajstić information content (AvgIpc) is 2.82. The second-order valence-corrected chi connectivity index (χ2v) is 12.6. The molecule has 2 rings (SSSR count). The van der Waals surface area contributed by atoms with E-state index in [9.17, 15) is 25.3 Å². The monoisotopic (exact) mass is 584 g/mol. The molecule has 0 amide bonds. The van der Waals surface area contributed by atoms with E-state index in [1.165, 1.54) is 52.7 Å². The van der Waals surface area contributed by atoms with Gasteiger partial charge in [-0.15, -0.1) is 0 Å². The van der Waals surface area contributed by atoms with Crippen LogP contribution in [0.3, 0.4) is 0 Å². The number of nitrogens with two attached hydrogens (primary N) is 2. The summed E-state index contributed by atoms with van der Waals surface area (Å²) < 4.78 is 104. The van der Waals surface area contributed by atoms with Gasteiger partial charge in [0, 0.05) is 0 Å². The maximum atomic E-state index is 12.7. The molecule has 208 valence electrons. The molecule has 0 heterocycles. The van der Waals surface area contributed by atoms with E-state index in [4.69, 9.17) is 30.4 Å². The van der Waals surface area contributed by atoms with E-state index in [0.717, 1.165) is 0 Å². The number of benzene rings is 2. The highest BCUT2D eigenvalue weighted by molar-refractivity contribution is 7.92. The summed E-state index contributed by atoms with van der Waals surface area (Å²) in [6, 6.07) is 5.02. The molecule has 4 N–H and O–H groups in total. The highest BCUT2D eigenvalue weighted by Crippen LogP contribution is 2.38. The highest BCUT2D eigenvalue weighted by atomic mass is 32.3. The smallest absolute Gasteiger partial charge is 0.399 e. The normalized spacial score (nSPS) is 12.2. The van der Waals surface area contributed by atoms with Crippen molar-refractivity contribution in [3.8, 4) is 23.0 Å². The Kier molecular flexibility index (Phi) is 9.84.